The van der Waals surface area contributed by atoms with Crippen molar-refractivity contribution in [1.29, 1.82) is 0 Å². The van der Waals surface area contributed by atoms with Crippen molar-refractivity contribution in [2.45, 2.75) is 6.54 Å². The maximum atomic E-state index is 6.16. The summed E-state index contributed by atoms with van der Waals surface area (Å²) in [7, 11) is 1.59. The number of benzene rings is 2. The van der Waals surface area contributed by atoms with E-state index in [1.54, 1.807) is 7.11 Å². The highest BCUT2D eigenvalue weighted by Gasteiger charge is 2.04. The van der Waals surface area contributed by atoms with Gasteiger partial charge in [0.25, 0.3) is 0 Å². The van der Waals surface area contributed by atoms with Crippen molar-refractivity contribution in [1.82, 2.24) is 0 Å². The number of hydrogen-bond acceptors (Lipinski definition) is 2. The van der Waals surface area contributed by atoms with Crippen molar-refractivity contribution in [2.75, 3.05) is 12.4 Å². The Kier molecular flexibility index (Phi) is 4.97. The van der Waals surface area contributed by atoms with E-state index in [1.165, 1.54) is 0 Å². The molecule has 0 unspecified atom stereocenters. The topological polar surface area (TPSA) is 21.3 Å². The lowest BCUT2D eigenvalue weighted by Crippen LogP contribution is -2.00. The minimum atomic E-state index is 0.578. The lowest BCUT2D eigenvalue weighted by atomic mass is 10.2. The first-order valence-corrected chi connectivity index (χ1v) is 7.16. The van der Waals surface area contributed by atoms with Crippen LogP contribution in [0.2, 0.25) is 10.0 Å². The van der Waals surface area contributed by atoms with Gasteiger partial charge in [-0.25, -0.2) is 0 Å². The SMILES string of the molecule is COc1ccc(NCc2ccc(Br)cc2Cl)cc1Cl. The number of anilines is 1. The van der Waals surface area contributed by atoms with Crippen LogP contribution in [0.4, 0.5) is 5.69 Å². The third kappa shape index (κ3) is 3.78. The summed E-state index contributed by atoms with van der Waals surface area (Å²) in [6.07, 6.45) is 0. The van der Waals surface area contributed by atoms with Crippen molar-refractivity contribution < 1.29 is 4.74 Å². The molecular formula is C14H12BrCl2NO. The highest BCUT2D eigenvalue weighted by molar-refractivity contribution is 9.10. The summed E-state index contributed by atoms with van der Waals surface area (Å²) in [6.45, 7) is 0.634. The molecule has 2 rings (SSSR count). The molecule has 0 spiro atoms. The molecule has 0 aliphatic heterocycles. The van der Waals surface area contributed by atoms with Gasteiger partial charge >= 0.3 is 0 Å². The Morgan fingerprint density at radius 2 is 1.89 bits per heavy atom. The number of nitrogens with one attached hydrogen (secondary N) is 1. The van der Waals surface area contributed by atoms with Gasteiger partial charge in [-0.2, -0.15) is 0 Å². The summed E-state index contributed by atoms with van der Waals surface area (Å²) in [5, 5.41) is 4.58. The van der Waals surface area contributed by atoms with Crippen LogP contribution < -0.4 is 10.1 Å². The molecule has 0 amide bonds. The molecule has 0 radical (unpaired) electrons. The number of halogens is 3. The minimum Gasteiger partial charge on any atom is -0.495 e. The van der Waals surface area contributed by atoms with Crippen molar-refractivity contribution in [3.8, 4) is 5.75 Å². The molecule has 0 aliphatic rings. The van der Waals surface area contributed by atoms with E-state index >= 15 is 0 Å². The lowest BCUT2D eigenvalue weighted by molar-refractivity contribution is 0.415. The van der Waals surface area contributed by atoms with Gasteiger partial charge in [-0.1, -0.05) is 45.2 Å². The average molecular weight is 361 g/mol. The van der Waals surface area contributed by atoms with Crippen LogP contribution in [0.25, 0.3) is 0 Å². The van der Waals surface area contributed by atoms with Gasteiger partial charge in [-0.15, -0.1) is 0 Å². The van der Waals surface area contributed by atoms with Crippen LogP contribution in [-0.2, 0) is 6.54 Å². The molecule has 5 heteroatoms. The molecule has 0 aromatic heterocycles. The molecule has 100 valence electrons. The zero-order chi connectivity index (χ0) is 13.8. The first-order valence-electron chi connectivity index (χ1n) is 5.61. The Balaban J connectivity index is 2.08. The van der Waals surface area contributed by atoms with Crippen LogP contribution in [0, 0.1) is 0 Å². The molecule has 0 atom stereocenters. The fourth-order valence-electron chi connectivity index (χ4n) is 1.64. The summed E-state index contributed by atoms with van der Waals surface area (Å²) in [6, 6.07) is 11.4. The van der Waals surface area contributed by atoms with Gasteiger partial charge in [0, 0.05) is 21.7 Å². The smallest absolute Gasteiger partial charge is 0.137 e. The Labute approximate surface area is 130 Å². The van der Waals surface area contributed by atoms with Crippen LogP contribution in [0.15, 0.2) is 40.9 Å². The maximum absolute atomic E-state index is 6.16. The summed E-state index contributed by atoms with van der Waals surface area (Å²) in [4.78, 5) is 0. The Hall–Kier alpha value is -0.900. The van der Waals surface area contributed by atoms with Gasteiger partial charge < -0.3 is 10.1 Å². The van der Waals surface area contributed by atoms with Crippen LogP contribution in [-0.4, -0.2) is 7.11 Å². The van der Waals surface area contributed by atoms with Gasteiger partial charge in [0.15, 0.2) is 0 Å². The van der Waals surface area contributed by atoms with E-state index in [0.29, 0.717) is 17.3 Å². The minimum absolute atomic E-state index is 0.578. The molecule has 0 saturated heterocycles. The number of hydrogen-bond donors (Lipinski definition) is 1. The van der Waals surface area contributed by atoms with E-state index in [4.69, 9.17) is 27.9 Å². The molecule has 19 heavy (non-hydrogen) atoms. The predicted octanol–water partition coefficient (Wildman–Crippen LogP) is 5.38. The van der Waals surface area contributed by atoms with E-state index < -0.39 is 0 Å². The van der Waals surface area contributed by atoms with E-state index in [-0.39, 0.29) is 0 Å². The molecule has 0 heterocycles. The zero-order valence-corrected chi connectivity index (χ0v) is 13.3. The molecule has 2 nitrogen and oxygen atoms in total. The fourth-order valence-corrected chi connectivity index (χ4v) is 2.64. The fraction of sp³-hybridized carbons (Fsp3) is 0.143. The van der Waals surface area contributed by atoms with E-state index in [2.05, 4.69) is 21.2 Å². The van der Waals surface area contributed by atoms with Crippen molar-refractivity contribution in [2.24, 2.45) is 0 Å². The molecule has 0 bridgehead atoms. The quantitative estimate of drug-likeness (QED) is 0.790. The first-order chi connectivity index (χ1) is 9.10. The number of methoxy groups -OCH3 is 1. The first kappa shape index (κ1) is 14.5. The highest BCUT2D eigenvalue weighted by atomic mass is 79.9. The molecule has 2 aromatic rings. The monoisotopic (exact) mass is 359 g/mol. The number of ether oxygens (including phenoxy) is 1. The van der Waals surface area contributed by atoms with Gasteiger partial charge in [0.1, 0.15) is 5.75 Å². The summed E-state index contributed by atoms with van der Waals surface area (Å²) in [5.74, 6) is 0.661. The summed E-state index contributed by atoms with van der Waals surface area (Å²) in [5.41, 5.74) is 1.95. The molecular weight excluding hydrogens is 349 g/mol. The second kappa shape index (κ2) is 6.51. The standard InChI is InChI=1S/C14H12BrCl2NO/c1-19-14-5-4-11(7-13(14)17)18-8-9-2-3-10(15)6-12(9)16/h2-7,18H,8H2,1H3. The van der Waals surface area contributed by atoms with E-state index in [9.17, 15) is 0 Å². The van der Waals surface area contributed by atoms with Crippen LogP contribution in [0.1, 0.15) is 5.56 Å². The highest BCUT2D eigenvalue weighted by Crippen LogP contribution is 2.28. The second-order valence-corrected chi connectivity index (χ2v) is 5.67. The van der Waals surface area contributed by atoms with Crippen LogP contribution in [0.3, 0.4) is 0 Å². The Morgan fingerprint density at radius 1 is 1.11 bits per heavy atom. The van der Waals surface area contributed by atoms with Gasteiger partial charge in [0.2, 0.25) is 0 Å². The molecule has 0 fully saturated rings. The predicted molar refractivity (Wildman–Crippen MR) is 84.5 cm³/mol. The third-order valence-electron chi connectivity index (χ3n) is 2.65. The van der Waals surface area contributed by atoms with Crippen LogP contribution in [0.5, 0.6) is 5.75 Å². The number of rotatable bonds is 4. The van der Waals surface area contributed by atoms with Gasteiger partial charge in [-0.05, 0) is 35.9 Å². The molecule has 0 aliphatic carbocycles. The molecule has 2 aromatic carbocycles. The van der Waals surface area contributed by atoms with Gasteiger partial charge in [-0.3, -0.25) is 0 Å². The van der Waals surface area contributed by atoms with Crippen molar-refractivity contribution in [3.05, 3.63) is 56.5 Å². The van der Waals surface area contributed by atoms with Gasteiger partial charge in [0.05, 0.1) is 12.1 Å². The second-order valence-electron chi connectivity index (χ2n) is 3.94. The summed E-state index contributed by atoms with van der Waals surface area (Å²) < 4.78 is 6.08. The normalized spacial score (nSPS) is 10.3. The maximum Gasteiger partial charge on any atom is 0.137 e. The summed E-state index contributed by atoms with van der Waals surface area (Å²) >= 11 is 15.6. The average Bonchev–Trinajstić information content (AvgIpc) is 2.38. The largest absolute Gasteiger partial charge is 0.495 e. The van der Waals surface area contributed by atoms with E-state index in [0.717, 1.165) is 20.7 Å². The van der Waals surface area contributed by atoms with E-state index in [1.807, 2.05) is 36.4 Å². The Morgan fingerprint density at radius 3 is 2.53 bits per heavy atom. The third-order valence-corrected chi connectivity index (χ3v) is 3.79. The lowest BCUT2D eigenvalue weighted by Gasteiger charge is -2.10. The van der Waals surface area contributed by atoms with Crippen molar-refractivity contribution in [3.63, 3.8) is 0 Å². The van der Waals surface area contributed by atoms with Crippen LogP contribution >= 0.6 is 39.1 Å². The Bertz CT molecular complexity index is 590. The molecule has 0 saturated carbocycles. The van der Waals surface area contributed by atoms with Crippen molar-refractivity contribution >= 4 is 44.8 Å². The molecule has 1 N–H and O–H groups in total. The zero-order valence-electron chi connectivity index (χ0n) is 10.2.